The minimum atomic E-state index is -0.914. The van der Waals surface area contributed by atoms with Gasteiger partial charge < -0.3 is 21.9 Å². The number of phenols is 1. The number of hydrogen-bond donors (Lipinski definition) is 4. The van der Waals surface area contributed by atoms with Gasteiger partial charge in [0.15, 0.2) is 5.69 Å². The van der Waals surface area contributed by atoms with Gasteiger partial charge in [0.2, 0.25) is 0 Å². The smallest absolute Gasteiger partial charge is 0.316 e. The third-order valence-electron chi connectivity index (χ3n) is 3.62. The van der Waals surface area contributed by atoms with Crippen molar-refractivity contribution in [2.75, 3.05) is 5.32 Å². The SMILES string of the molecule is NC(=O)Nc1cn(-c2ccc(-c3ccccc3O)cc2F)nc1C(N)=O. The van der Waals surface area contributed by atoms with Crippen LogP contribution in [0.15, 0.2) is 48.7 Å². The Labute approximate surface area is 146 Å². The van der Waals surface area contributed by atoms with Crippen LogP contribution in [0, 0.1) is 5.82 Å². The molecular formula is C17H14FN5O3. The van der Waals surface area contributed by atoms with E-state index in [-0.39, 0.29) is 22.8 Å². The van der Waals surface area contributed by atoms with Crippen molar-refractivity contribution in [3.8, 4) is 22.6 Å². The minimum Gasteiger partial charge on any atom is -0.507 e. The fourth-order valence-electron chi connectivity index (χ4n) is 2.48. The molecule has 0 unspecified atom stereocenters. The topological polar surface area (TPSA) is 136 Å². The van der Waals surface area contributed by atoms with Gasteiger partial charge in [0.25, 0.3) is 5.91 Å². The number of phenolic OH excluding ortho intramolecular Hbond substituents is 1. The lowest BCUT2D eigenvalue weighted by molar-refractivity contribution is 0.0996. The van der Waals surface area contributed by atoms with Crippen LogP contribution in [0.1, 0.15) is 10.5 Å². The van der Waals surface area contributed by atoms with E-state index in [4.69, 9.17) is 11.5 Å². The molecule has 0 bridgehead atoms. The molecule has 0 fully saturated rings. The number of aromatic nitrogens is 2. The van der Waals surface area contributed by atoms with Crippen LogP contribution < -0.4 is 16.8 Å². The summed E-state index contributed by atoms with van der Waals surface area (Å²) in [7, 11) is 0. The number of amides is 3. The molecule has 0 aliphatic rings. The highest BCUT2D eigenvalue weighted by molar-refractivity contribution is 6.00. The molecule has 0 aliphatic heterocycles. The van der Waals surface area contributed by atoms with E-state index in [1.165, 1.54) is 24.4 Å². The van der Waals surface area contributed by atoms with Gasteiger partial charge in [0.05, 0.1) is 11.9 Å². The quantitative estimate of drug-likeness (QED) is 0.569. The van der Waals surface area contributed by atoms with E-state index in [0.717, 1.165) is 4.68 Å². The molecule has 3 amide bonds. The number of nitrogens with one attached hydrogen (secondary N) is 1. The lowest BCUT2D eigenvalue weighted by atomic mass is 10.0. The lowest BCUT2D eigenvalue weighted by Crippen LogP contribution is -2.22. The Balaban J connectivity index is 2.04. The average Bonchev–Trinajstić information content (AvgIpc) is 2.98. The first-order valence-corrected chi connectivity index (χ1v) is 7.41. The van der Waals surface area contributed by atoms with Crippen molar-refractivity contribution in [3.63, 3.8) is 0 Å². The number of anilines is 1. The highest BCUT2D eigenvalue weighted by atomic mass is 19.1. The number of benzene rings is 2. The summed E-state index contributed by atoms with van der Waals surface area (Å²) >= 11 is 0. The zero-order valence-electron chi connectivity index (χ0n) is 13.3. The van der Waals surface area contributed by atoms with Crippen molar-refractivity contribution >= 4 is 17.6 Å². The second-order valence-electron chi connectivity index (χ2n) is 5.37. The minimum absolute atomic E-state index is 0.0164. The third kappa shape index (κ3) is 3.18. The molecule has 0 atom stereocenters. The summed E-state index contributed by atoms with van der Waals surface area (Å²) in [5.41, 5.74) is 10.9. The molecular weight excluding hydrogens is 341 g/mol. The van der Waals surface area contributed by atoms with E-state index in [1.807, 2.05) is 0 Å². The number of aromatic hydroxyl groups is 1. The number of carbonyl (C=O) groups excluding carboxylic acids is 2. The maximum Gasteiger partial charge on any atom is 0.316 e. The number of rotatable bonds is 4. The molecule has 0 saturated carbocycles. The lowest BCUT2D eigenvalue weighted by Gasteiger charge is -2.08. The molecule has 6 N–H and O–H groups in total. The molecule has 3 aromatic rings. The van der Waals surface area contributed by atoms with Gasteiger partial charge in [0, 0.05) is 5.56 Å². The van der Waals surface area contributed by atoms with Gasteiger partial charge in [-0.3, -0.25) is 4.79 Å². The first kappa shape index (κ1) is 17.0. The Morgan fingerprint density at radius 1 is 1.15 bits per heavy atom. The van der Waals surface area contributed by atoms with Crippen LogP contribution in [-0.4, -0.2) is 26.8 Å². The molecule has 9 heteroatoms. The summed E-state index contributed by atoms with van der Waals surface area (Å²) < 4.78 is 15.7. The molecule has 3 rings (SSSR count). The van der Waals surface area contributed by atoms with Crippen molar-refractivity contribution in [1.82, 2.24) is 9.78 Å². The van der Waals surface area contributed by atoms with Crippen LogP contribution in [0.3, 0.4) is 0 Å². The van der Waals surface area contributed by atoms with Crippen molar-refractivity contribution in [3.05, 3.63) is 60.2 Å². The molecule has 0 spiro atoms. The van der Waals surface area contributed by atoms with Crippen LogP contribution in [0.2, 0.25) is 0 Å². The van der Waals surface area contributed by atoms with Crippen LogP contribution in [0.25, 0.3) is 16.8 Å². The second-order valence-corrected chi connectivity index (χ2v) is 5.37. The van der Waals surface area contributed by atoms with E-state index in [0.29, 0.717) is 11.1 Å². The molecule has 0 saturated heterocycles. The first-order chi connectivity index (χ1) is 12.4. The predicted octanol–water partition coefficient (Wildman–Crippen LogP) is 1.97. The van der Waals surface area contributed by atoms with Crippen molar-refractivity contribution < 1.29 is 19.1 Å². The largest absolute Gasteiger partial charge is 0.507 e. The fourth-order valence-corrected chi connectivity index (χ4v) is 2.48. The summed E-state index contributed by atoms with van der Waals surface area (Å²) in [5, 5.41) is 16.0. The number of primary amides is 2. The van der Waals surface area contributed by atoms with Gasteiger partial charge >= 0.3 is 6.03 Å². The fraction of sp³-hybridized carbons (Fsp3) is 0. The Bertz CT molecular complexity index is 1020. The molecule has 0 aliphatic carbocycles. The van der Waals surface area contributed by atoms with Crippen molar-refractivity contribution in [2.45, 2.75) is 0 Å². The molecule has 8 nitrogen and oxygen atoms in total. The highest BCUT2D eigenvalue weighted by Crippen LogP contribution is 2.30. The number of nitrogens with zero attached hydrogens (tertiary/aromatic N) is 2. The second kappa shape index (κ2) is 6.55. The van der Waals surface area contributed by atoms with Crippen molar-refractivity contribution in [1.29, 1.82) is 0 Å². The summed E-state index contributed by atoms with van der Waals surface area (Å²) in [5.74, 6) is -1.55. The van der Waals surface area contributed by atoms with E-state index in [1.54, 1.807) is 24.3 Å². The van der Waals surface area contributed by atoms with E-state index in [2.05, 4.69) is 10.4 Å². The van der Waals surface area contributed by atoms with Crippen molar-refractivity contribution in [2.24, 2.45) is 11.5 Å². The van der Waals surface area contributed by atoms with Gasteiger partial charge in [0.1, 0.15) is 17.3 Å². The first-order valence-electron chi connectivity index (χ1n) is 7.41. The summed E-state index contributed by atoms with van der Waals surface area (Å²) in [6.45, 7) is 0. The molecule has 0 radical (unpaired) electrons. The van der Waals surface area contributed by atoms with E-state index < -0.39 is 17.8 Å². The summed E-state index contributed by atoms with van der Waals surface area (Å²) in [6, 6.07) is 9.83. The number of hydrogen-bond acceptors (Lipinski definition) is 4. The molecule has 26 heavy (non-hydrogen) atoms. The number of nitrogens with two attached hydrogens (primary N) is 2. The number of carbonyl (C=O) groups is 2. The van der Waals surface area contributed by atoms with Crippen LogP contribution in [-0.2, 0) is 0 Å². The average molecular weight is 355 g/mol. The molecule has 2 aromatic carbocycles. The zero-order chi connectivity index (χ0) is 18.8. The van der Waals surface area contributed by atoms with Gasteiger partial charge in [-0.05, 0) is 23.8 Å². The standard InChI is InChI=1S/C17H14FN5O3/c18-11-7-9(10-3-1-2-4-14(10)24)5-6-13(11)23-8-12(21-17(20)26)15(22-23)16(19)25/h1-8,24H,(H2,19,25)(H3,20,21,26). The maximum absolute atomic E-state index is 14.6. The predicted molar refractivity (Wildman–Crippen MR) is 92.3 cm³/mol. The highest BCUT2D eigenvalue weighted by Gasteiger charge is 2.18. The van der Waals surface area contributed by atoms with E-state index >= 15 is 0 Å². The number of halogens is 1. The maximum atomic E-state index is 14.6. The normalized spacial score (nSPS) is 10.5. The van der Waals surface area contributed by atoms with Gasteiger partial charge in [-0.25, -0.2) is 13.9 Å². The molecule has 1 aromatic heterocycles. The Morgan fingerprint density at radius 2 is 1.88 bits per heavy atom. The van der Waals surface area contributed by atoms with E-state index in [9.17, 15) is 19.1 Å². The Morgan fingerprint density at radius 3 is 2.50 bits per heavy atom. The summed E-state index contributed by atoms with van der Waals surface area (Å²) in [4.78, 5) is 22.5. The monoisotopic (exact) mass is 355 g/mol. The summed E-state index contributed by atoms with van der Waals surface area (Å²) in [6.07, 6.45) is 1.23. The van der Waals surface area contributed by atoms with Gasteiger partial charge in [-0.15, -0.1) is 0 Å². The molecule has 1 heterocycles. The van der Waals surface area contributed by atoms with Gasteiger partial charge in [-0.2, -0.15) is 5.10 Å². The number of urea groups is 1. The van der Waals surface area contributed by atoms with Gasteiger partial charge in [-0.1, -0.05) is 24.3 Å². The molecule has 132 valence electrons. The zero-order valence-corrected chi connectivity index (χ0v) is 13.3. The Kier molecular flexibility index (Phi) is 4.27. The third-order valence-corrected chi connectivity index (χ3v) is 3.62. The number of para-hydroxylation sites is 1. The van der Waals surface area contributed by atoms with Crippen LogP contribution in [0.4, 0.5) is 14.9 Å². The Hall–Kier alpha value is -3.88. The van der Waals surface area contributed by atoms with Crippen LogP contribution in [0.5, 0.6) is 5.75 Å². The van der Waals surface area contributed by atoms with Crippen LogP contribution >= 0.6 is 0 Å².